The fraction of sp³-hybridized carbons (Fsp3) is 0.364. The molecule has 0 aromatic heterocycles. The normalized spacial score (nSPS) is 18.9. The molecule has 1 aliphatic heterocycles. The van der Waals surface area contributed by atoms with E-state index in [1.165, 1.54) is 4.90 Å². The SMILES string of the molecule is O=C1CN(C(=O)OCC(Cl)(Cl)Cl)[C@H](COCc2ccccc2)[C@H]1OCc1ccccc1. The molecule has 1 amide bonds. The van der Waals surface area contributed by atoms with Crippen LogP contribution in [0.3, 0.4) is 0 Å². The van der Waals surface area contributed by atoms with Crippen LogP contribution in [0.5, 0.6) is 0 Å². The predicted octanol–water partition coefficient (Wildman–Crippen LogP) is 4.55. The molecule has 2 atom stereocenters. The Morgan fingerprint density at radius 1 is 0.968 bits per heavy atom. The zero-order chi connectivity index (χ0) is 22.3. The van der Waals surface area contributed by atoms with Crippen LogP contribution in [-0.2, 0) is 32.2 Å². The standard InChI is InChI=1S/C22H22Cl3NO5/c23-22(24,25)15-31-21(28)26-11-19(27)20(30-13-17-9-5-2-6-10-17)18(26)14-29-12-16-7-3-1-4-8-16/h1-10,18,20H,11-15H2/t18-,20-/m1/s1. The molecule has 31 heavy (non-hydrogen) atoms. The van der Waals surface area contributed by atoms with Crippen molar-refractivity contribution in [2.24, 2.45) is 0 Å². The van der Waals surface area contributed by atoms with Crippen molar-refractivity contribution in [2.45, 2.75) is 29.2 Å². The number of alkyl halides is 3. The van der Waals surface area contributed by atoms with Crippen molar-refractivity contribution in [2.75, 3.05) is 19.8 Å². The van der Waals surface area contributed by atoms with Crippen LogP contribution in [0.25, 0.3) is 0 Å². The lowest BCUT2D eigenvalue weighted by Gasteiger charge is -2.27. The summed E-state index contributed by atoms with van der Waals surface area (Å²) in [5.41, 5.74) is 1.88. The smallest absolute Gasteiger partial charge is 0.410 e. The van der Waals surface area contributed by atoms with Gasteiger partial charge in [0.2, 0.25) is 3.79 Å². The number of amides is 1. The number of Topliss-reactive ketones (excluding diaryl/α,β-unsaturated/α-hetero) is 1. The molecule has 0 aliphatic carbocycles. The first kappa shape index (κ1) is 23.8. The molecule has 1 heterocycles. The van der Waals surface area contributed by atoms with E-state index < -0.39 is 28.6 Å². The molecule has 0 spiro atoms. The average molecular weight is 487 g/mol. The minimum atomic E-state index is -1.75. The number of carbonyl (C=O) groups is 2. The lowest BCUT2D eigenvalue weighted by Crippen LogP contribution is -2.44. The molecule has 0 radical (unpaired) electrons. The van der Waals surface area contributed by atoms with E-state index in [9.17, 15) is 9.59 Å². The minimum Gasteiger partial charge on any atom is -0.445 e. The molecular weight excluding hydrogens is 465 g/mol. The van der Waals surface area contributed by atoms with Crippen molar-refractivity contribution in [3.8, 4) is 0 Å². The second kappa shape index (κ2) is 11.2. The molecule has 0 N–H and O–H groups in total. The summed E-state index contributed by atoms with van der Waals surface area (Å²) in [6, 6.07) is 18.4. The van der Waals surface area contributed by atoms with Gasteiger partial charge < -0.3 is 14.2 Å². The van der Waals surface area contributed by atoms with Crippen molar-refractivity contribution in [1.82, 2.24) is 4.90 Å². The second-order valence-electron chi connectivity index (χ2n) is 7.05. The fourth-order valence-corrected chi connectivity index (χ4v) is 3.36. The molecule has 1 aliphatic rings. The molecule has 9 heteroatoms. The van der Waals surface area contributed by atoms with Crippen molar-refractivity contribution >= 4 is 46.7 Å². The Labute approximate surface area is 195 Å². The lowest BCUT2D eigenvalue weighted by molar-refractivity contribution is -0.128. The van der Waals surface area contributed by atoms with Crippen molar-refractivity contribution < 1.29 is 23.8 Å². The van der Waals surface area contributed by atoms with Gasteiger partial charge in [0.1, 0.15) is 12.7 Å². The van der Waals surface area contributed by atoms with Crippen molar-refractivity contribution in [1.29, 1.82) is 0 Å². The largest absolute Gasteiger partial charge is 0.445 e. The van der Waals surface area contributed by atoms with E-state index in [-0.39, 0.29) is 25.5 Å². The third-order valence-corrected chi connectivity index (χ3v) is 4.99. The van der Waals surface area contributed by atoms with Gasteiger partial charge in [0.25, 0.3) is 0 Å². The van der Waals surface area contributed by atoms with Gasteiger partial charge in [-0.1, -0.05) is 95.5 Å². The Hall–Kier alpha value is -1.83. The van der Waals surface area contributed by atoms with E-state index in [1.54, 1.807) is 0 Å². The molecule has 2 aromatic carbocycles. The minimum absolute atomic E-state index is 0.0863. The third-order valence-electron chi connectivity index (χ3n) is 4.66. The molecule has 3 rings (SSSR count). The number of likely N-dealkylation sites (tertiary alicyclic amines) is 1. The maximum atomic E-state index is 12.6. The van der Waals surface area contributed by atoms with Gasteiger partial charge in [-0.05, 0) is 11.1 Å². The molecule has 166 valence electrons. The van der Waals surface area contributed by atoms with E-state index in [4.69, 9.17) is 49.0 Å². The first-order chi connectivity index (χ1) is 14.8. The number of benzene rings is 2. The Bertz CT molecular complexity index is 860. The Morgan fingerprint density at radius 2 is 1.55 bits per heavy atom. The van der Waals surface area contributed by atoms with E-state index in [0.29, 0.717) is 6.61 Å². The number of ketones is 1. The van der Waals surface area contributed by atoms with E-state index in [2.05, 4.69) is 0 Å². The van der Waals surface area contributed by atoms with Gasteiger partial charge in [0.05, 0.1) is 32.4 Å². The summed E-state index contributed by atoms with van der Waals surface area (Å²) >= 11 is 17.0. The van der Waals surface area contributed by atoms with Crippen LogP contribution in [0.2, 0.25) is 0 Å². The van der Waals surface area contributed by atoms with Crippen LogP contribution in [0.4, 0.5) is 4.79 Å². The zero-order valence-corrected chi connectivity index (χ0v) is 18.9. The van der Waals surface area contributed by atoms with Gasteiger partial charge in [0, 0.05) is 0 Å². The van der Waals surface area contributed by atoms with Gasteiger partial charge in [-0.2, -0.15) is 0 Å². The number of halogens is 3. The summed E-state index contributed by atoms with van der Waals surface area (Å²) in [7, 11) is 0. The lowest BCUT2D eigenvalue weighted by atomic mass is 10.1. The van der Waals surface area contributed by atoms with Gasteiger partial charge in [-0.25, -0.2) is 4.79 Å². The van der Waals surface area contributed by atoms with Crippen molar-refractivity contribution in [3.63, 3.8) is 0 Å². The molecule has 2 aromatic rings. The molecule has 6 nitrogen and oxygen atoms in total. The number of ether oxygens (including phenoxy) is 3. The highest BCUT2D eigenvalue weighted by molar-refractivity contribution is 6.67. The quantitative estimate of drug-likeness (QED) is 0.512. The summed E-state index contributed by atoms with van der Waals surface area (Å²) in [6.07, 6.45) is -1.62. The number of hydrogen-bond acceptors (Lipinski definition) is 5. The average Bonchev–Trinajstić information content (AvgIpc) is 3.07. The maximum absolute atomic E-state index is 12.6. The number of hydrogen-bond donors (Lipinski definition) is 0. The number of rotatable bonds is 8. The fourth-order valence-electron chi connectivity index (χ4n) is 3.19. The van der Waals surface area contributed by atoms with Crippen LogP contribution in [0, 0.1) is 0 Å². The Kier molecular flexibility index (Phi) is 8.58. The maximum Gasteiger partial charge on any atom is 0.410 e. The number of carbonyl (C=O) groups excluding carboxylic acids is 2. The molecular formula is C22H22Cl3NO5. The second-order valence-corrected chi connectivity index (χ2v) is 9.57. The van der Waals surface area contributed by atoms with E-state index in [0.717, 1.165) is 11.1 Å². The molecule has 1 fully saturated rings. The Morgan fingerprint density at radius 3 is 2.13 bits per heavy atom. The highest BCUT2D eigenvalue weighted by Crippen LogP contribution is 2.27. The van der Waals surface area contributed by atoms with Crippen LogP contribution >= 0.6 is 34.8 Å². The zero-order valence-electron chi connectivity index (χ0n) is 16.6. The first-order valence-electron chi connectivity index (χ1n) is 9.63. The van der Waals surface area contributed by atoms with Crippen LogP contribution in [-0.4, -0.2) is 52.5 Å². The predicted molar refractivity (Wildman–Crippen MR) is 118 cm³/mol. The van der Waals surface area contributed by atoms with Gasteiger partial charge >= 0.3 is 6.09 Å². The molecule has 0 bridgehead atoms. The summed E-state index contributed by atoms with van der Waals surface area (Å²) in [4.78, 5) is 26.5. The highest BCUT2D eigenvalue weighted by atomic mass is 35.6. The monoisotopic (exact) mass is 485 g/mol. The highest BCUT2D eigenvalue weighted by Gasteiger charge is 2.45. The Balaban J connectivity index is 1.67. The van der Waals surface area contributed by atoms with Crippen LogP contribution < -0.4 is 0 Å². The topological polar surface area (TPSA) is 65.1 Å². The summed E-state index contributed by atoms with van der Waals surface area (Å²) in [6.45, 7) is 0.0340. The third kappa shape index (κ3) is 7.37. The molecule has 0 unspecified atom stereocenters. The molecule has 1 saturated heterocycles. The molecule has 0 saturated carbocycles. The van der Waals surface area contributed by atoms with Crippen LogP contribution in [0.1, 0.15) is 11.1 Å². The van der Waals surface area contributed by atoms with Gasteiger partial charge in [-0.15, -0.1) is 0 Å². The van der Waals surface area contributed by atoms with Crippen LogP contribution in [0.15, 0.2) is 60.7 Å². The van der Waals surface area contributed by atoms with Crippen molar-refractivity contribution in [3.05, 3.63) is 71.8 Å². The van der Waals surface area contributed by atoms with E-state index in [1.807, 2.05) is 60.7 Å². The summed E-state index contributed by atoms with van der Waals surface area (Å²) < 4.78 is 15.0. The summed E-state index contributed by atoms with van der Waals surface area (Å²) in [5, 5.41) is 0. The first-order valence-corrected chi connectivity index (χ1v) is 10.8. The van der Waals surface area contributed by atoms with Gasteiger partial charge in [-0.3, -0.25) is 9.69 Å². The van der Waals surface area contributed by atoms with Gasteiger partial charge in [0.15, 0.2) is 5.78 Å². The summed E-state index contributed by atoms with van der Waals surface area (Å²) in [5.74, 6) is -0.241. The number of nitrogens with zero attached hydrogens (tertiary/aromatic N) is 1. The van der Waals surface area contributed by atoms with E-state index >= 15 is 0 Å².